The van der Waals surface area contributed by atoms with Crippen LogP contribution in [0.4, 0.5) is 0 Å². The third-order valence-corrected chi connectivity index (χ3v) is 5.58. The van der Waals surface area contributed by atoms with Crippen LogP contribution in [0.3, 0.4) is 0 Å². The predicted octanol–water partition coefficient (Wildman–Crippen LogP) is 4.10. The molecule has 0 heterocycles. The molecule has 1 aliphatic rings. The second-order valence-electron chi connectivity index (χ2n) is 4.99. The van der Waals surface area contributed by atoms with Crippen LogP contribution in [0.1, 0.15) is 25.7 Å². The molecule has 0 radical (unpaired) electrons. The first-order chi connectivity index (χ1) is 9.22. The molecule has 0 bridgehead atoms. The molecule has 1 aromatic rings. The summed E-state index contributed by atoms with van der Waals surface area (Å²) in [5.74, 6) is 1.47. The molecule has 102 valence electrons. The summed E-state index contributed by atoms with van der Waals surface area (Å²) >= 11 is 7.93. The third-order valence-electron chi connectivity index (χ3n) is 4.03. The van der Waals surface area contributed by atoms with Gasteiger partial charge in [-0.25, -0.2) is 0 Å². The summed E-state index contributed by atoms with van der Waals surface area (Å²) < 4.78 is 0. The van der Waals surface area contributed by atoms with Crippen LogP contribution in [0, 0.1) is 17.2 Å². The van der Waals surface area contributed by atoms with E-state index in [1.807, 2.05) is 25.2 Å². The minimum atomic E-state index is -0.305. The number of rotatable bonds is 5. The van der Waals surface area contributed by atoms with Gasteiger partial charge in [-0.05, 0) is 50.1 Å². The predicted molar refractivity (Wildman–Crippen MR) is 81.5 cm³/mol. The minimum Gasteiger partial charge on any atom is -0.302 e. The fraction of sp³-hybridized carbons (Fsp3) is 0.533. The van der Waals surface area contributed by atoms with E-state index in [1.54, 1.807) is 11.8 Å². The lowest BCUT2D eigenvalue weighted by Crippen LogP contribution is -2.44. The van der Waals surface area contributed by atoms with Crippen molar-refractivity contribution in [1.82, 2.24) is 5.32 Å². The average molecular weight is 295 g/mol. The molecule has 0 aliphatic heterocycles. The van der Waals surface area contributed by atoms with Crippen molar-refractivity contribution < 1.29 is 0 Å². The van der Waals surface area contributed by atoms with Gasteiger partial charge in [0.25, 0.3) is 0 Å². The zero-order valence-corrected chi connectivity index (χ0v) is 12.7. The van der Waals surface area contributed by atoms with E-state index in [1.165, 1.54) is 0 Å². The van der Waals surface area contributed by atoms with Crippen LogP contribution in [0.15, 0.2) is 29.2 Å². The summed E-state index contributed by atoms with van der Waals surface area (Å²) in [6.07, 6.45) is 4.33. The highest BCUT2D eigenvalue weighted by atomic mass is 35.5. The number of halogens is 1. The van der Waals surface area contributed by atoms with Crippen LogP contribution < -0.4 is 5.32 Å². The smallest absolute Gasteiger partial charge is 0.109 e. The number of hydrogen-bond donors (Lipinski definition) is 1. The van der Waals surface area contributed by atoms with Gasteiger partial charge in [-0.2, -0.15) is 5.26 Å². The molecular formula is C15H19ClN2S. The Morgan fingerprint density at radius 3 is 3.00 bits per heavy atom. The quantitative estimate of drug-likeness (QED) is 0.830. The topological polar surface area (TPSA) is 35.8 Å². The van der Waals surface area contributed by atoms with Crippen LogP contribution in [0.25, 0.3) is 0 Å². The second-order valence-corrected chi connectivity index (χ2v) is 6.53. The van der Waals surface area contributed by atoms with Gasteiger partial charge in [0.15, 0.2) is 0 Å². The Hall–Kier alpha value is -0.690. The summed E-state index contributed by atoms with van der Waals surface area (Å²) in [6.45, 7) is 0. The number of nitriles is 1. The van der Waals surface area contributed by atoms with Crippen molar-refractivity contribution in [1.29, 1.82) is 5.26 Å². The average Bonchev–Trinajstić information content (AvgIpc) is 2.84. The largest absolute Gasteiger partial charge is 0.302 e. The van der Waals surface area contributed by atoms with Gasteiger partial charge in [0.1, 0.15) is 5.54 Å². The number of benzene rings is 1. The maximum atomic E-state index is 9.41. The van der Waals surface area contributed by atoms with E-state index >= 15 is 0 Å². The lowest BCUT2D eigenvalue weighted by Gasteiger charge is -2.28. The van der Waals surface area contributed by atoms with E-state index < -0.39 is 0 Å². The molecular weight excluding hydrogens is 276 g/mol. The van der Waals surface area contributed by atoms with Gasteiger partial charge >= 0.3 is 0 Å². The highest BCUT2D eigenvalue weighted by Crippen LogP contribution is 2.39. The molecule has 2 nitrogen and oxygen atoms in total. The Morgan fingerprint density at radius 2 is 2.32 bits per heavy atom. The maximum Gasteiger partial charge on any atom is 0.109 e. The van der Waals surface area contributed by atoms with E-state index in [9.17, 15) is 5.26 Å². The highest BCUT2D eigenvalue weighted by molar-refractivity contribution is 7.99. The van der Waals surface area contributed by atoms with Gasteiger partial charge in [-0.3, -0.25) is 0 Å². The van der Waals surface area contributed by atoms with Crippen molar-refractivity contribution in [3.8, 4) is 6.07 Å². The molecule has 2 rings (SSSR count). The summed E-state index contributed by atoms with van der Waals surface area (Å²) in [6, 6.07) is 10.4. The van der Waals surface area contributed by atoms with Crippen LogP contribution in [-0.4, -0.2) is 18.3 Å². The number of nitrogens with zero attached hydrogens (tertiary/aromatic N) is 1. The van der Waals surface area contributed by atoms with Crippen LogP contribution >= 0.6 is 23.4 Å². The van der Waals surface area contributed by atoms with Crippen LogP contribution in [0.2, 0.25) is 5.02 Å². The number of hydrogen-bond acceptors (Lipinski definition) is 3. The highest BCUT2D eigenvalue weighted by Gasteiger charge is 2.41. The van der Waals surface area contributed by atoms with Crippen molar-refractivity contribution in [3.63, 3.8) is 0 Å². The SMILES string of the molecule is CNC1(C#N)CCCC1CCSc1ccccc1Cl. The fourth-order valence-corrected chi connectivity index (χ4v) is 4.18. The van der Waals surface area contributed by atoms with E-state index in [-0.39, 0.29) is 5.54 Å². The summed E-state index contributed by atoms with van der Waals surface area (Å²) in [4.78, 5) is 1.13. The van der Waals surface area contributed by atoms with Crippen molar-refractivity contribution >= 4 is 23.4 Å². The fourth-order valence-electron chi connectivity index (χ4n) is 2.87. The first kappa shape index (κ1) is 14.7. The van der Waals surface area contributed by atoms with Gasteiger partial charge in [-0.15, -0.1) is 11.8 Å². The minimum absolute atomic E-state index is 0.305. The molecule has 0 amide bonds. The van der Waals surface area contributed by atoms with Crippen molar-refractivity contribution in [2.45, 2.75) is 36.1 Å². The van der Waals surface area contributed by atoms with Gasteiger partial charge in [0.2, 0.25) is 0 Å². The van der Waals surface area contributed by atoms with Crippen molar-refractivity contribution in [2.75, 3.05) is 12.8 Å². The third kappa shape index (κ3) is 3.25. The first-order valence-electron chi connectivity index (χ1n) is 6.69. The maximum absolute atomic E-state index is 9.41. The Morgan fingerprint density at radius 1 is 1.53 bits per heavy atom. The Balaban J connectivity index is 1.90. The molecule has 19 heavy (non-hydrogen) atoms. The molecule has 1 saturated carbocycles. The Kier molecular flexibility index (Phi) is 5.15. The number of nitrogens with one attached hydrogen (secondary N) is 1. The number of thioether (sulfide) groups is 1. The molecule has 2 unspecified atom stereocenters. The van der Waals surface area contributed by atoms with E-state index in [0.717, 1.165) is 41.4 Å². The molecule has 2 atom stereocenters. The molecule has 1 aromatic carbocycles. The van der Waals surface area contributed by atoms with Gasteiger partial charge in [0, 0.05) is 4.90 Å². The zero-order valence-electron chi connectivity index (χ0n) is 11.2. The van der Waals surface area contributed by atoms with Crippen LogP contribution in [-0.2, 0) is 0 Å². The summed E-state index contributed by atoms with van der Waals surface area (Å²) in [5, 5.41) is 13.5. The molecule has 0 spiro atoms. The van der Waals surface area contributed by atoms with Gasteiger partial charge < -0.3 is 5.32 Å². The Bertz CT molecular complexity index is 471. The van der Waals surface area contributed by atoms with Gasteiger partial charge in [-0.1, -0.05) is 30.2 Å². The molecule has 4 heteroatoms. The normalized spacial score (nSPS) is 26.3. The molecule has 0 saturated heterocycles. The molecule has 1 N–H and O–H groups in total. The molecule has 0 aromatic heterocycles. The summed E-state index contributed by atoms with van der Waals surface area (Å²) in [5.41, 5.74) is -0.305. The monoisotopic (exact) mass is 294 g/mol. The van der Waals surface area contributed by atoms with Crippen molar-refractivity contribution in [3.05, 3.63) is 29.3 Å². The zero-order chi connectivity index (χ0) is 13.7. The van der Waals surface area contributed by atoms with Crippen molar-refractivity contribution in [2.24, 2.45) is 5.92 Å². The second kappa shape index (κ2) is 6.65. The lowest BCUT2D eigenvalue weighted by molar-refractivity contribution is 0.332. The molecule has 1 aliphatic carbocycles. The van der Waals surface area contributed by atoms with Gasteiger partial charge in [0.05, 0.1) is 11.1 Å². The Labute approximate surface area is 124 Å². The molecule has 1 fully saturated rings. The van der Waals surface area contributed by atoms with E-state index in [4.69, 9.17) is 11.6 Å². The lowest BCUT2D eigenvalue weighted by atomic mass is 9.87. The van der Waals surface area contributed by atoms with Crippen LogP contribution in [0.5, 0.6) is 0 Å². The first-order valence-corrected chi connectivity index (χ1v) is 8.06. The standard InChI is InChI=1S/C15H19ClN2S/c1-18-15(11-17)9-4-5-12(15)8-10-19-14-7-3-2-6-13(14)16/h2-3,6-7,12,18H,4-5,8-10H2,1H3. The van der Waals surface area contributed by atoms with E-state index in [2.05, 4.69) is 17.5 Å². The summed E-state index contributed by atoms with van der Waals surface area (Å²) in [7, 11) is 1.91. The van der Waals surface area contributed by atoms with E-state index in [0.29, 0.717) is 5.92 Å².